The molecule has 38 heavy (non-hydrogen) atoms. The van der Waals surface area contributed by atoms with Crippen LogP contribution in [-0.4, -0.2) is 50.0 Å². The van der Waals surface area contributed by atoms with Crippen LogP contribution in [0.15, 0.2) is 42.5 Å². The summed E-state index contributed by atoms with van der Waals surface area (Å²) in [6, 6.07) is 10.8. The Morgan fingerprint density at radius 1 is 1.18 bits per heavy atom. The third-order valence-corrected chi connectivity index (χ3v) is 7.23. The van der Waals surface area contributed by atoms with Crippen LogP contribution >= 0.6 is 0 Å². The number of benzene rings is 2. The van der Waals surface area contributed by atoms with E-state index < -0.39 is 33.2 Å². The van der Waals surface area contributed by atoms with E-state index in [2.05, 4.69) is 15.6 Å². The first-order valence-electron chi connectivity index (χ1n) is 11.9. The Morgan fingerprint density at radius 2 is 1.87 bits per heavy atom. The first kappa shape index (κ1) is 28.4. The van der Waals surface area contributed by atoms with Crippen molar-refractivity contribution in [2.45, 2.75) is 26.8 Å². The molecule has 0 aliphatic rings. The molecule has 3 rings (SSSR count). The number of aryl methyl sites for hydroxylation is 1. The number of amides is 1. The van der Waals surface area contributed by atoms with E-state index in [9.17, 15) is 22.7 Å². The van der Waals surface area contributed by atoms with Gasteiger partial charge < -0.3 is 21.5 Å². The molecule has 0 atom stereocenters. The molecule has 0 spiro atoms. The van der Waals surface area contributed by atoms with Crippen LogP contribution in [0.3, 0.4) is 0 Å². The maximum absolute atomic E-state index is 14.3. The van der Waals surface area contributed by atoms with Gasteiger partial charge in [0.15, 0.2) is 11.6 Å². The molecule has 1 heterocycles. The number of para-hydroxylation sites is 1. The molecular formula is C26H31FN6O4S. The molecule has 6 N–H and O–H groups in total. The van der Waals surface area contributed by atoms with Crippen molar-refractivity contribution in [3.05, 3.63) is 65.0 Å². The first-order chi connectivity index (χ1) is 17.9. The minimum absolute atomic E-state index is 0.0401. The van der Waals surface area contributed by atoms with Gasteiger partial charge in [0.25, 0.3) is 5.91 Å². The number of carbonyl (C=O) groups is 1. The van der Waals surface area contributed by atoms with Gasteiger partial charge in [0, 0.05) is 31.4 Å². The third-order valence-electron chi connectivity index (χ3n) is 5.98. The van der Waals surface area contributed by atoms with Crippen molar-refractivity contribution in [2.24, 2.45) is 0 Å². The highest BCUT2D eigenvalue weighted by Gasteiger charge is 2.23. The number of anilines is 3. The molecule has 1 amide bonds. The van der Waals surface area contributed by atoms with Crippen LogP contribution in [-0.2, 0) is 27.8 Å². The van der Waals surface area contributed by atoms with Crippen molar-refractivity contribution < 1.29 is 22.7 Å². The molecule has 1 aromatic heterocycles. The SMILES string of the molecule is CCc1cc(O)c(F)cc1-c1cc(N)c(C(=N)C(=O)NC)c(NCc2ccccc2N(CC)S(C)(=O)=O)n1. The van der Waals surface area contributed by atoms with Crippen LogP contribution < -0.4 is 20.7 Å². The standard InChI is InChI=1S/C26H31FN6O4S/c1-5-15-11-22(34)18(27)12-17(15)20-13-19(28)23(24(29)26(35)30-3)25(32-20)31-14-16-9-7-8-10-21(16)33(6-2)38(4,36)37/h7-13,29,34H,5-6,14H2,1-4H3,(H,30,35)(H3,28,31,32). The largest absolute Gasteiger partial charge is 0.505 e. The highest BCUT2D eigenvalue weighted by Crippen LogP contribution is 2.34. The third kappa shape index (κ3) is 5.86. The molecule has 0 unspecified atom stereocenters. The molecule has 2 aromatic carbocycles. The number of halogens is 1. The number of hydrogen-bond acceptors (Lipinski definition) is 8. The fraction of sp³-hybridized carbons (Fsp3) is 0.269. The maximum atomic E-state index is 14.3. The number of sulfonamides is 1. The summed E-state index contributed by atoms with van der Waals surface area (Å²) in [5.74, 6) is -1.92. The van der Waals surface area contributed by atoms with E-state index in [1.807, 2.05) is 6.92 Å². The number of carbonyl (C=O) groups excluding carboxylic acids is 1. The van der Waals surface area contributed by atoms with Crippen molar-refractivity contribution >= 4 is 38.8 Å². The van der Waals surface area contributed by atoms with Gasteiger partial charge in [0.1, 0.15) is 11.5 Å². The zero-order valence-electron chi connectivity index (χ0n) is 21.6. The summed E-state index contributed by atoms with van der Waals surface area (Å²) in [4.78, 5) is 16.9. The summed E-state index contributed by atoms with van der Waals surface area (Å²) in [5, 5.41) is 23.7. The lowest BCUT2D eigenvalue weighted by Gasteiger charge is -2.24. The second-order valence-electron chi connectivity index (χ2n) is 8.50. The Labute approximate surface area is 221 Å². The fourth-order valence-electron chi connectivity index (χ4n) is 4.13. The Balaban J connectivity index is 2.16. The van der Waals surface area contributed by atoms with E-state index >= 15 is 0 Å². The van der Waals surface area contributed by atoms with Crippen molar-refractivity contribution in [1.29, 1.82) is 5.41 Å². The van der Waals surface area contributed by atoms with Gasteiger partial charge >= 0.3 is 0 Å². The smallest absolute Gasteiger partial charge is 0.269 e. The molecule has 0 aliphatic heterocycles. The molecule has 202 valence electrons. The minimum atomic E-state index is -3.55. The molecule has 0 saturated heterocycles. The van der Waals surface area contributed by atoms with Crippen LogP contribution in [0.5, 0.6) is 5.75 Å². The number of phenolic OH excluding ortho intramolecular Hbond substituents is 1. The van der Waals surface area contributed by atoms with Crippen LogP contribution in [0.4, 0.5) is 21.6 Å². The van der Waals surface area contributed by atoms with E-state index in [0.29, 0.717) is 28.8 Å². The number of nitrogens with zero attached hydrogens (tertiary/aromatic N) is 2. The van der Waals surface area contributed by atoms with Crippen molar-refractivity contribution in [3.63, 3.8) is 0 Å². The Hall–Kier alpha value is -4.19. The summed E-state index contributed by atoms with van der Waals surface area (Å²) < 4.78 is 40.3. The van der Waals surface area contributed by atoms with Gasteiger partial charge in [-0.1, -0.05) is 25.1 Å². The number of nitrogen functional groups attached to an aromatic ring is 1. The van der Waals surface area contributed by atoms with Gasteiger partial charge in [-0.15, -0.1) is 0 Å². The number of phenols is 1. The topological polar surface area (TPSA) is 162 Å². The van der Waals surface area contributed by atoms with Crippen LogP contribution in [0.25, 0.3) is 11.3 Å². The fourth-order valence-corrected chi connectivity index (χ4v) is 5.14. The Morgan fingerprint density at radius 3 is 2.47 bits per heavy atom. The molecule has 0 saturated carbocycles. The van der Waals surface area contributed by atoms with Gasteiger partial charge in [-0.25, -0.2) is 17.8 Å². The number of aromatic nitrogens is 1. The van der Waals surface area contributed by atoms with Gasteiger partial charge in [-0.2, -0.15) is 0 Å². The first-order valence-corrected chi connectivity index (χ1v) is 13.7. The highest BCUT2D eigenvalue weighted by atomic mass is 32.2. The average Bonchev–Trinajstić information content (AvgIpc) is 2.87. The molecular weight excluding hydrogens is 511 g/mol. The van der Waals surface area contributed by atoms with Gasteiger partial charge in [-0.3, -0.25) is 14.5 Å². The van der Waals surface area contributed by atoms with E-state index in [4.69, 9.17) is 11.1 Å². The molecule has 0 radical (unpaired) electrons. The summed E-state index contributed by atoms with van der Waals surface area (Å²) in [7, 11) is -2.16. The lowest BCUT2D eigenvalue weighted by molar-refractivity contribution is -0.114. The van der Waals surface area contributed by atoms with Crippen LogP contribution in [0.2, 0.25) is 0 Å². The Kier molecular flexibility index (Phi) is 8.56. The lowest BCUT2D eigenvalue weighted by Crippen LogP contribution is -2.31. The average molecular weight is 543 g/mol. The van der Waals surface area contributed by atoms with Gasteiger partial charge in [0.2, 0.25) is 10.0 Å². The van der Waals surface area contributed by atoms with E-state index in [-0.39, 0.29) is 35.9 Å². The number of hydrogen-bond donors (Lipinski definition) is 5. The van der Waals surface area contributed by atoms with Crippen molar-refractivity contribution in [2.75, 3.05) is 35.2 Å². The van der Waals surface area contributed by atoms with Crippen LogP contribution in [0.1, 0.15) is 30.5 Å². The summed E-state index contributed by atoms with van der Waals surface area (Å²) >= 11 is 0. The summed E-state index contributed by atoms with van der Waals surface area (Å²) in [5.41, 5.74) is 8.34. The zero-order chi connectivity index (χ0) is 28.2. The quantitative estimate of drug-likeness (QED) is 0.246. The van der Waals surface area contributed by atoms with Crippen molar-refractivity contribution in [1.82, 2.24) is 10.3 Å². The van der Waals surface area contributed by atoms with E-state index in [1.54, 1.807) is 31.2 Å². The minimum Gasteiger partial charge on any atom is -0.505 e. The van der Waals surface area contributed by atoms with E-state index in [1.165, 1.54) is 23.5 Å². The summed E-state index contributed by atoms with van der Waals surface area (Å²) in [6.07, 6.45) is 1.59. The Bertz CT molecular complexity index is 1490. The number of aromatic hydroxyl groups is 1. The number of nitrogens with two attached hydrogens (primary N) is 1. The highest BCUT2D eigenvalue weighted by molar-refractivity contribution is 7.92. The lowest BCUT2D eigenvalue weighted by atomic mass is 9.99. The molecule has 0 fully saturated rings. The second-order valence-corrected chi connectivity index (χ2v) is 10.4. The monoisotopic (exact) mass is 542 g/mol. The second kappa shape index (κ2) is 11.5. The number of pyridine rings is 1. The number of nitrogens with one attached hydrogen (secondary N) is 3. The summed E-state index contributed by atoms with van der Waals surface area (Å²) in [6.45, 7) is 3.86. The maximum Gasteiger partial charge on any atom is 0.269 e. The molecule has 3 aromatic rings. The van der Waals surface area contributed by atoms with Gasteiger partial charge in [-0.05, 0) is 48.7 Å². The number of likely N-dealkylation sites (N-methyl/N-ethyl adjacent to an activating group) is 1. The predicted octanol–water partition coefficient (Wildman–Crippen LogP) is 3.25. The normalized spacial score (nSPS) is 11.2. The van der Waals surface area contributed by atoms with E-state index in [0.717, 1.165) is 12.3 Å². The predicted molar refractivity (Wildman–Crippen MR) is 148 cm³/mol. The van der Waals surface area contributed by atoms with Crippen LogP contribution in [0, 0.1) is 11.2 Å². The molecule has 0 bridgehead atoms. The zero-order valence-corrected chi connectivity index (χ0v) is 22.4. The molecule has 10 nitrogen and oxygen atoms in total. The molecule has 0 aliphatic carbocycles. The van der Waals surface area contributed by atoms with Crippen molar-refractivity contribution in [3.8, 4) is 17.0 Å². The molecule has 12 heteroatoms. The number of rotatable bonds is 10. The van der Waals surface area contributed by atoms with Gasteiger partial charge in [0.05, 0.1) is 23.2 Å².